The summed E-state index contributed by atoms with van der Waals surface area (Å²) in [6, 6.07) is 11.9. The van der Waals surface area contributed by atoms with Crippen LogP contribution in [0.3, 0.4) is 0 Å². The second-order valence-electron chi connectivity index (χ2n) is 3.87. The Morgan fingerprint density at radius 3 is 2.88 bits per heavy atom. The molecule has 0 bridgehead atoms. The molecular formula is C13H14BrN3. The van der Waals surface area contributed by atoms with Crippen molar-refractivity contribution in [1.82, 2.24) is 4.98 Å². The van der Waals surface area contributed by atoms with Gasteiger partial charge in [0.05, 0.1) is 5.69 Å². The zero-order valence-corrected chi connectivity index (χ0v) is 11.2. The molecule has 0 atom stereocenters. The number of hydrogen-bond donors (Lipinski definition) is 2. The van der Waals surface area contributed by atoms with Gasteiger partial charge in [0.1, 0.15) is 5.82 Å². The number of rotatable bonds is 3. The first-order chi connectivity index (χ1) is 8.15. The number of nitrogens with two attached hydrogens (primary N) is 1. The standard InChI is InChI=1S/C13H14BrN3/c1-9-5-6-12(15)13(17-9)16-8-10-3-2-4-11(14)7-10/h2-7H,8,15H2,1H3,(H,16,17). The van der Waals surface area contributed by atoms with Crippen LogP contribution >= 0.6 is 15.9 Å². The Morgan fingerprint density at radius 2 is 2.12 bits per heavy atom. The van der Waals surface area contributed by atoms with Gasteiger partial charge in [0.25, 0.3) is 0 Å². The minimum atomic E-state index is 0.672. The van der Waals surface area contributed by atoms with E-state index in [9.17, 15) is 0 Å². The summed E-state index contributed by atoms with van der Waals surface area (Å²) in [6.45, 7) is 2.66. The average Bonchev–Trinajstić information content (AvgIpc) is 2.30. The van der Waals surface area contributed by atoms with E-state index in [1.54, 1.807) is 0 Å². The molecular weight excluding hydrogens is 278 g/mol. The van der Waals surface area contributed by atoms with Gasteiger partial charge >= 0.3 is 0 Å². The van der Waals surface area contributed by atoms with Crippen molar-refractivity contribution in [2.24, 2.45) is 0 Å². The number of nitrogens with one attached hydrogen (secondary N) is 1. The second-order valence-corrected chi connectivity index (χ2v) is 4.79. The molecule has 88 valence electrons. The normalized spacial score (nSPS) is 10.2. The van der Waals surface area contributed by atoms with Crippen LogP contribution in [0, 0.1) is 6.92 Å². The van der Waals surface area contributed by atoms with Crippen LogP contribution in [-0.4, -0.2) is 4.98 Å². The van der Waals surface area contributed by atoms with E-state index in [0.29, 0.717) is 12.2 Å². The Hall–Kier alpha value is -1.55. The minimum Gasteiger partial charge on any atom is -0.396 e. The third-order valence-corrected chi connectivity index (χ3v) is 2.91. The fourth-order valence-corrected chi connectivity index (χ4v) is 1.99. The van der Waals surface area contributed by atoms with Gasteiger partial charge in [-0.2, -0.15) is 0 Å². The Bertz CT molecular complexity index is 526. The van der Waals surface area contributed by atoms with Crippen molar-refractivity contribution in [2.45, 2.75) is 13.5 Å². The van der Waals surface area contributed by atoms with Crippen molar-refractivity contribution in [1.29, 1.82) is 0 Å². The number of hydrogen-bond acceptors (Lipinski definition) is 3. The molecule has 0 unspecified atom stereocenters. The lowest BCUT2D eigenvalue weighted by molar-refractivity contribution is 1.09. The molecule has 0 aliphatic rings. The third-order valence-electron chi connectivity index (χ3n) is 2.41. The van der Waals surface area contributed by atoms with Crippen LogP contribution < -0.4 is 11.1 Å². The molecule has 0 aliphatic carbocycles. The molecule has 0 saturated carbocycles. The Labute approximate surface area is 109 Å². The highest BCUT2D eigenvalue weighted by Gasteiger charge is 2.01. The molecule has 2 aromatic rings. The molecule has 0 fully saturated rings. The third kappa shape index (κ3) is 3.20. The summed E-state index contributed by atoms with van der Waals surface area (Å²) in [5, 5.41) is 3.24. The molecule has 2 rings (SSSR count). The summed E-state index contributed by atoms with van der Waals surface area (Å²) in [5.74, 6) is 0.741. The number of nitrogen functional groups attached to an aromatic ring is 1. The van der Waals surface area contributed by atoms with Crippen molar-refractivity contribution in [3.63, 3.8) is 0 Å². The molecule has 0 radical (unpaired) electrons. The molecule has 0 spiro atoms. The van der Waals surface area contributed by atoms with E-state index in [1.807, 2.05) is 31.2 Å². The molecule has 0 aliphatic heterocycles. The Morgan fingerprint density at radius 1 is 1.29 bits per heavy atom. The van der Waals surface area contributed by atoms with Gasteiger partial charge in [0.15, 0.2) is 0 Å². The fraction of sp³-hybridized carbons (Fsp3) is 0.154. The number of nitrogens with zero attached hydrogens (tertiary/aromatic N) is 1. The van der Waals surface area contributed by atoms with E-state index in [-0.39, 0.29) is 0 Å². The van der Waals surface area contributed by atoms with Crippen molar-refractivity contribution < 1.29 is 0 Å². The fourth-order valence-electron chi connectivity index (χ4n) is 1.54. The largest absolute Gasteiger partial charge is 0.396 e. The van der Waals surface area contributed by atoms with E-state index in [4.69, 9.17) is 5.73 Å². The maximum Gasteiger partial charge on any atom is 0.149 e. The van der Waals surface area contributed by atoms with Gasteiger partial charge in [-0.05, 0) is 36.8 Å². The topological polar surface area (TPSA) is 50.9 Å². The van der Waals surface area contributed by atoms with Gasteiger partial charge in [-0.25, -0.2) is 4.98 Å². The molecule has 1 aromatic heterocycles. The lowest BCUT2D eigenvalue weighted by atomic mass is 10.2. The van der Waals surface area contributed by atoms with Crippen molar-refractivity contribution in [2.75, 3.05) is 11.1 Å². The monoisotopic (exact) mass is 291 g/mol. The quantitative estimate of drug-likeness (QED) is 0.912. The molecule has 0 saturated heterocycles. The molecule has 0 amide bonds. The lowest BCUT2D eigenvalue weighted by Crippen LogP contribution is -2.05. The Balaban J connectivity index is 2.09. The summed E-state index contributed by atoms with van der Waals surface area (Å²) in [5.41, 5.74) is 8.66. The second kappa shape index (κ2) is 5.19. The van der Waals surface area contributed by atoms with Crippen molar-refractivity contribution in [3.8, 4) is 0 Å². The van der Waals surface area contributed by atoms with Crippen LogP contribution in [0.2, 0.25) is 0 Å². The number of anilines is 2. The van der Waals surface area contributed by atoms with Crippen molar-refractivity contribution >= 4 is 27.4 Å². The lowest BCUT2D eigenvalue weighted by Gasteiger charge is -2.09. The molecule has 17 heavy (non-hydrogen) atoms. The summed E-state index contributed by atoms with van der Waals surface area (Å²) >= 11 is 3.45. The summed E-state index contributed by atoms with van der Waals surface area (Å²) in [4.78, 5) is 4.36. The molecule has 4 heteroatoms. The van der Waals surface area contributed by atoms with Crippen molar-refractivity contribution in [3.05, 3.63) is 52.1 Å². The molecule has 1 heterocycles. The van der Waals surface area contributed by atoms with Crippen LogP contribution in [-0.2, 0) is 6.54 Å². The van der Waals surface area contributed by atoms with Crippen LogP contribution in [0.15, 0.2) is 40.9 Å². The van der Waals surface area contributed by atoms with Crippen LogP contribution in [0.1, 0.15) is 11.3 Å². The number of benzene rings is 1. The van der Waals surface area contributed by atoms with Gasteiger partial charge in [-0.1, -0.05) is 28.1 Å². The van der Waals surface area contributed by atoms with E-state index in [0.717, 1.165) is 16.0 Å². The van der Waals surface area contributed by atoms with Gasteiger partial charge in [0, 0.05) is 16.7 Å². The zero-order valence-electron chi connectivity index (χ0n) is 9.57. The molecule has 3 N–H and O–H groups in total. The highest BCUT2D eigenvalue weighted by Crippen LogP contribution is 2.17. The van der Waals surface area contributed by atoms with Gasteiger partial charge < -0.3 is 11.1 Å². The minimum absolute atomic E-state index is 0.672. The van der Waals surface area contributed by atoms with Crippen LogP contribution in [0.5, 0.6) is 0 Å². The predicted molar refractivity (Wildman–Crippen MR) is 74.9 cm³/mol. The average molecular weight is 292 g/mol. The first-order valence-corrected chi connectivity index (χ1v) is 6.16. The first kappa shape index (κ1) is 11.9. The summed E-state index contributed by atoms with van der Waals surface area (Å²) < 4.78 is 1.07. The number of pyridine rings is 1. The summed E-state index contributed by atoms with van der Waals surface area (Å²) in [6.07, 6.45) is 0. The van der Waals surface area contributed by atoms with E-state index in [1.165, 1.54) is 5.56 Å². The number of halogens is 1. The van der Waals surface area contributed by atoms with Gasteiger partial charge in [0.2, 0.25) is 0 Å². The van der Waals surface area contributed by atoms with E-state index >= 15 is 0 Å². The van der Waals surface area contributed by atoms with Crippen LogP contribution in [0.25, 0.3) is 0 Å². The predicted octanol–water partition coefficient (Wildman–Crippen LogP) is 3.35. The zero-order chi connectivity index (χ0) is 12.3. The molecule has 3 nitrogen and oxygen atoms in total. The maximum absolute atomic E-state index is 5.85. The van der Waals surface area contributed by atoms with E-state index < -0.39 is 0 Å². The van der Waals surface area contributed by atoms with E-state index in [2.05, 4.69) is 38.4 Å². The van der Waals surface area contributed by atoms with Gasteiger partial charge in [-0.15, -0.1) is 0 Å². The highest BCUT2D eigenvalue weighted by atomic mass is 79.9. The number of aryl methyl sites for hydroxylation is 1. The maximum atomic E-state index is 5.85. The highest BCUT2D eigenvalue weighted by molar-refractivity contribution is 9.10. The SMILES string of the molecule is Cc1ccc(N)c(NCc2cccc(Br)c2)n1. The van der Waals surface area contributed by atoms with Gasteiger partial charge in [-0.3, -0.25) is 0 Å². The van der Waals surface area contributed by atoms with Crippen LogP contribution in [0.4, 0.5) is 11.5 Å². The summed E-state index contributed by atoms with van der Waals surface area (Å²) in [7, 11) is 0. The molecule has 1 aromatic carbocycles. The smallest absolute Gasteiger partial charge is 0.149 e. The Kier molecular flexibility index (Phi) is 3.64. The number of aromatic nitrogens is 1. The first-order valence-electron chi connectivity index (χ1n) is 5.36.